The van der Waals surface area contributed by atoms with Crippen LogP contribution in [0, 0.1) is 0 Å². The van der Waals surface area contributed by atoms with Gasteiger partial charge in [-0.3, -0.25) is 4.79 Å². The third-order valence-electron chi connectivity index (χ3n) is 4.08. The molecule has 0 saturated carbocycles. The number of thioether (sulfide) groups is 1. The van der Waals surface area contributed by atoms with Crippen LogP contribution in [0.5, 0.6) is 5.75 Å². The van der Waals surface area contributed by atoms with Crippen LogP contribution in [-0.2, 0) is 14.3 Å². The van der Waals surface area contributed by atoms with Gasteiger partial charge in [0.15, 0.2) is 6.61 Å². The van der Waals surface area contributed by atoms with Gasteiger partial charge in [-0.25, -0.2) is 4.79 Å². The molecule has 2 rings (SSSR count). The van der Waals surface area contributed by atoms with Gasteiger partial charge in [0, 0.05) is 10.8 Å². The number of unbranched alkanes of at least 4 members (excludes halogenated alkanes) is 2. The molecule has 1 amide bonds. The second-order valence-corrected chi connectivity index (χ2v) is 7.51. The van der Waals surface area contributed by atoms with Crippen molar-refractivity contribution in [2.24, 2.45) is 0 Å². The largest absolute Gasteiger partial charge is 0.484 e. The average Bonchev–Trinajstić information content (AvgIpc) is 3.04. The molecular formula is C18H24ClNO4S. The van der Waals surface area contributed by atoms with Crippen molar-refractivity contribution in [1.82, 2.24) is 4.90 Å². The third kappa shape index (κ3) is 5.54. The van der Waals surface area contributed by atoms with Gasteiger partial charge in [0.2, 0.25) is 0 Å². The molecule has 5 nitrogen and oxygen atoms in total. The van der Waals surface area contributed by atoms with Crippen LogP contribution in [0.2, 0.25) is 5.02 Å². The van der Waals surface area contributed by atoms with E-state index in [2.05, 4.69) is 6.92 Å². The zero-order chi connectivity index (χ0) is 18.2. The number of halogens is 1. The molecule has 0 N–H and O–H groups in total. The number of benzene rings is 1. The van der Waals surface area contributed by atoms with Gasteiger partial charge in [0.25, 0.3) is 5.91 Å². The van der Waals surface area contributed by atoms with Crippen LogP contribution in [0.4, 0.5) is 0 Å². The maximum Gasteiger partial charge on any atom is 0.329 e. The second-order valence-electron chi connectivity index (χ2n) is 5.87. The van der Waals surface area contributed by atoms with Gasteiger partial charge >= 0.3 is 5.97 Å². The van der Waals surface area contributed by atoms with Crippen LogP contribution in [0.3, 0.4) is 0 Å². The maximum atomic E-state index is 12.7. The highest BCUT2D eigenvalue weighted by atomic mass is 35.5. The molecule has 0 bridgehead atoms. The topological polar surface area (TPSA) is 55.8 Å². The molecule has 2 atom stereocenters. The zero-order valence-corrected chi connectivity index (χ0v) is 16.1. The highest BCUT2D eigenvalue weighted by molar-refractivity contribution is 8.00. The van der Waals surface area contributed by atoms with E-state index < -0.39 is 6.04 Å². The van der Waals surface area contributed by atoms with Gasteiger partial charge in [-0.15, -0.1) is 11.8 Å². The minimum atomic E-state index is -0.539. The van der Waals surface area contributed by atoms with Gasteiger partial charge in [0.05, 0.1) is 12.5 Å². The number of esters is 1. The molecule has 0 aliphatic carbocycles. The van der Waals surface area contributed by atoms with E-state index in [1.165, 1.54) is 7.11 Å². The van der Waals surface area contributed by atoms with Crippen LogP contribution in [0.1, 0.15) is 32.6 Å². The monoisotopic (exact) mass is 385 g/mol. The maximum absolute atomic E-state index is 12.7. The van der Waals surface area contributed by atoms with E-state index in [1.807, 2.05) is 0 Å². The normalized spacial score (nSPS) is 19.7. The first-order valence-electron chi connectivity index (χ1n) is 8.45. The lowest BCUT2D eigenvalue weighted by molar-refractivity contribution is -0.152. The van der Waals surface area contributed by atoms with Gasteiger partial charge in [-0.1, -0.05) is 37.8 Å². The van der Waals surface area contributed by atoms with Gasteiger partial charge in [-0.2, -0.15) is 0 Å². The lowest BCUT2D eigenvalue weighted by Crippen LogP contribution is -2.48. The molecule has 1 fully saturated rings. The fourth-order valence-electron chi connectivity index (χ4n) is 2.76. The summed E-state index contributed by atoms with van der Waals surface area (Å²) in [5.74, 6) is 0.569. The predicted octanol–water partition coefficient (Wildman–Crippen LogP) is 3.74. The molecule has 1 saturated heterocycles. The molecule has 0 spiro atoms. The van der Waals surface area contributed by atoms with Crippen molar-refractivity contribution < 1.29 is 19.1 Å². The quantitative estimate of drug-likeness (QED) is 0.504. The SMILES string of the molecule is CCCCCC1SCC(C(=O)OC)N1C(=O)COc1ccc(Cl)cc1. The van der Waals surface area contributed by atoms with E-state index in [1.54, 1.807) is 40.9 Å². The number of amides is 1. The molecule has 2 unspecified atom stereocenters. The minimum Gasteiger partial charge on any atom is -0.484 e. The molecule has 1 aromatic rings. The van der Waals surface area contributed by atoms with Gasteiger partial charge in [0.1, 0.15) is 11.8 Å². The average molecular weight is 386 g/mol. The van der Waals surface area contributed by atoms with Crippen LogP contribution in [0.25, 0.3) is 0 Å². The molecule has 0 aromatic heterocycles. The van der Waals surface area contributed by atoms with Crippen molar-refractivity contribution in [2.75, 3.05) is 19.5 Å². The highest BCUT2D eigenvalue weighted by Gasteiger charge is 2.41. The van der Waals surface area contributed by atoms with Crippen molar-refractivity contribution in [3.8, 4) is 5.75 Å². The molecule has 7 heteroatoms. The number of ether oxygens (including phenoxy) is 2. The standard InChI is InChI=1S/C18H24ClNO4S/c1-3-4-5-6-17-20(15(12-25-17)18(22)23-2)16(21)11-24-14-9-7-13(19)8-10-14/h7-10,15,17H,3-6,11-12H2,1-2H3. The summed E-state index contributed by atoms with van der Waals surface area (Å²) in [4.78, 5) is 26.4. The summed E-state index contributed by atoms with van der Waals surface area (Å²) in [6, 6.07) is 6.30. The summed E-state index contributed by atoms with van der Waals surface area (Å²) in [7, 11) is 1.35. The summed E-state index contributed by atoms with van der Waals surface area (Å²) >= 11 is 7.48. The van der Waals surface area contributed by atoms with Crippen LogP contribution >= 0.6 is 23.4 Å². The summed E-state index contributed by atoms with van der Waals surface area (Å²) < 4.78 is 10.4. The van der Waals surface area contributed by atoms with Crippen LogP contribution in [-0.4, -0.2) is 47.7 Å². The Hall–Kier alpha value is -1.40. The lowest BCUT2D eigenvalue weighted by atomic mass is 10.1. The molecule has 1 aliphatic heterocycles. The van der Waals surface area contributed by atoms with Crippen molar-refractivity contribution in [3.63, 3.8) is 0 Å². The predicted molar refractivity (Wildman–Crippen MR) is 100.0 cm³/mol. The number of hydrogen-bond donors (Lipinski definition) is 0. The minimum absolute atomic E-state index is 0.00281. The van der Waals surface area contributed by atoms with Crippen molar-refractivity contribution >= 4 is 35.2 Å². The zero-order valence-electron chi connectivity index (χ0n) is 14.6. The van der Waals surface area contributed by atoms with Crippen molar-refractivity contribution in [3.05, 3.63) is 29.3 Å². The first kappa shape index (κ1) is 19.9. The molecule has 1 aromatic carbocycles. The number of rotatable bonds is 8. The Morgan fingerprint density at radius 2 is 2.00 bits per heavy atom. The number of carbonyl (C=O) groups excluding carboxylic acids is 2. The Balaban J connectivity index is 2.01. The highest BCUT2D eigenvalue weighted by Crippen LogP contribution is 2.33. The fraction of sp³-hybridized carbons (Fsp3) is 0.556. The van der Waals surface area contributed by atoms with Crippen LogP contribution in [0.15, 0.2) is 24.3 Å². The second kappa shape index (κ2) is 9.92. The van der Waals surface area contributed by atoms with E-state index >= 15 is 0 Å². The van der Waals surface area contributed by atoms with Gasteiger partial charge in [-0.05, 0) is 30.7 Å². The van der Waals surface area contributed by atoms with E-state index in [9.17, 15) is 9.59 Å². The molecule has 25 heavy (non-hydrogen) atoms. The third-order valence-corrected chi connectivity index (χ3v) is 5.69. The summed E-state index contributed by atoms with van der Waals surface area (Å²) in [6.45, 7) is 2.03. The number of nitrogens with zero attached hydrogens (tertiary/aromatic N) is 1. The Labute approximate surface area is 158 Å². The number of methoxy groups -OCH3 is 1. The van der Waals surface area contributed by atoms with E-state index in [-0.39, 0.29) is 23.9 Å². The Morgan fingerprint density at radius 1 is 1.28 bits per heavy atom. The van der Waals surface area contributed by atoms with Crippen molar-refractivity contribution in [2.45, 2.75) is 44.0 Å². The van der Waals surface area contributed by atoms with Gasteiger partial charge < -0.3 is 14.4 Å². The Bertz CT molecular complexity index is 581. The fourth-order valence-corrected chi connectivity index (χ4v) is 4.34. The Morgan fingerprint density at radius 3 is 2.64 bits per heavy atom. The lowest BCUT2D eigenvalue weighted by Gasteiger charge is -2.28. The molecule has 0 radical (unpaired) electrons. The first-order chi connectivity index (χ1) is 12.1. The molecular weight excluding hydrogens is 362 g/mol. The summed E-state index contributed by atoms with van der Waals surface area (Å²) in [5, 5.41) is 0.605. The number of carbonyl (C=O) groups is 2. The van der Waals surface area contributed by atoms with E-state index in [0.717, 1.165) is 25.7 Å². The Kier molecular flexibility index (Phi) is 7.90. The smallest absolute Gasteiger partial charge is 0.329 e. The molecule has 1 heterocycles. The first-order valence-corrected chi connectivity index (χ1v) is 9.88. The summed E-state index contributed by atoms with van der Waals surface area (Å²) in [6.07, 6.45) is 4.14. The summed E-state index contributed by atoms with van der Waals surface area (Å²) in [5.41, 5.74) is 0. The molecule has 1 aliphatic rings. The number of hydrogen-bond acceptors (Lipinski definition) is 5. The van der Waals surface area contributed by atoms with Crippen molar-refractivity contribution in [1.29, 1.82) is 0 Å². The van der Waals surface area contributed by atoms with Crippen LogP contribution < -0.4 is 4.74 Å². The molecule has 138 valence electrons. The van der Waals surface area contributed by atoms with E-state index in [4.69, 9.17) is 21.1 Å². The van der Waals surface area contributed by atoms with E-state index in [0.29, 0.717) is 16.5 Å².